The Balaban J connectivity index is 0.00000338. The summed E-state index contributed by atoms with van der Waals surface area (Å²) in [5.74, 6) is 1.34. The van der Waals surface area contributed by atoms with Crippen molar-refractivity contribution in [1.82, 2.24) is 10.2 Å². The van der Waals surface area contributed by atoms with E-state index >= 15 is 0 Å². The van der Waals surface area contributed by atoms with Crippen LogP contribution in [0.4, 0.5) is 13.2 Å². The minimum absolute atomic E-state index is 0. The third-order valence-corrected chi connectivity index (χ3v) is 4.20. The molecule has 1 aliphatic heterocycles. The van der Waals surface area contributed by atoms with Gasteiger partial charge < -0.3 is 15.0 Å². The molecule has 1 N–H and O–H groups in total. The summed E-state index contributed by atoms with van der Waals surface area (Å²) in [7, 11) is 2.00. The standard InChI is InChI=1S/C18H26F3N3O.HI/c1-3-22-17(24(2)12-15-9-11-25-13-15)23-10-8-14-4-6-16(7-5-14)18(19,20)21;/h4-7,15H,3,8-13H2,1-2H3,(H,22,23);1H. The van der Waals surface area contributed by atoms with E-state index in [2.05, 4.69) is 15.2 Å². The molecule has 1 aliphatic rings. The van der Waals surface area contributed by atoms with E-state index in [4.69, 9.17) is 4.74 Å². The smallest absolute Gasteiger partial charge is 0.381 e. The van der Waals surface area contributed by atoms with Gasteiger partial charge >= 0.3 is 6.18 Å². The molecule has 0 radical (unpaired) electrons. The molecular formula is C18H27F3IN3O. The number of hydrogen-bond acceptors (Lipinski definition) is 2. The van der Waals surface area contributed by atoms with Gasteiger partial charge in [0.25, 0.3) is 0 Å². The van der Waals surface area contributed by atoms with E-state index in [1.54, 1.807) is 0 Å². The number of aliphatic imine (C=N–C) groups is 1. The number of nitrogens with zero attached hydrogens (tertiary/aromatic N) is 2. The van der Waals surface area contributed by atoms with E-state index in [9.17, 15) is 13.2 Å². The number of halogens is 4. The van der Waals surface area contributed by atoms with Crippen LogP contribution in [0, 0.1) is 5.92 Å². The Morgan fingerprint density at radius 3 is 2.54 bits per heavy atom. The molecule has 1 unspecified atom stereocenters. The van der Waals surface area contributed by atoms with Crippen LogP contribution in [0.25, 0.3) is 0 Å². The first kappa shape index (κ1) is 23.0. The van der Waals surface area contributed by atoms with E-state index in [0.717, 1.165) is 56.4 Å². The minimum atomic E-state index is -4.29. The van der Waals surface area contributed by atoms with Gasteiger partial charge in [-0.25, -0.2) is 0 Å². The second kappa shape index (κ2) is 11.0. The fourth-order valence-electron chi connectivity index (χ4n) is 2.82. The molecule has 1 saturated heterocycles. The van der Waals surface area contributed by atoms with Crippen molar-refractivity contribution in [2.24, 2.45) is 10.9 Å². The van der Waals surface area contributed by atoms with Gasteiger partial charge in [-0.3, -0.25) is 4.99 Å². The highest BCUT2D eigenvalue weighted by molar-refractivity contribution is 14.0. The molecule has 26 heavy (non-hydrogen) atoms. The number of benzene rings is 1. The average Bonchev–Trinajstić information content (AvgIpc) is 3.06. The van der Waals surface area contributed by atoms with Crippen molar-refractivity contribution in [3.8, 4) is 0 Å². The fourth-order valence-corrected chi connectivity index (χ4v) is 2.82. The van der Waals surface area contributed by atoms with Gasteiger partial charge in [-0.15, -0.1) is 24.0 Å². The molecule has 1 aromatic rings. The Kier molecular flexibility index (Phi) is 9.70. The highest BCUT2D eigenvalue weighted by atomic mass is 127. The maximum Gasteiger partial charge on any atom is 0.416 e. The van der Waals surface area contributed by atoms with Crippen LogP contribution in [0.3, 0.4) is 0 Å². The molecule has 4 nitrogen and oxygen atoms in total. The summed E-state index contributed by atoms with van der Waals surface area (Å²) >= 11 is 0. The number of rotatable bonds is 6. The molecule has 0 aliphatic carbocycles. The molecule has 1 heterocycles. The van der Waals surface area contributed by atoms with Gasteiger partial charge in [-0.2, -0.15) is 13.2 Å². The number of nitrogens with one attached hydrogen (secondary N) is 1. The molecule has 1 atom stereocenters. The lowest BCUT2D eigenvalue weighted by Crippen LogP contribution is -2.41. The zero-order valence-electron chi connectivity index (χ0n) is 15.2. The highest BCUT2D eigenvalue weighted by Crippen LogP contribution is 2.29. The zero-order chi connectivity index (χ0) is 18.3. The van der Waals surface area contributed by atoms with Gasteiger partial charge in [0, 0.05) is 39.2 Å². The molecule has 0 bridgehead atoms. The van der Waals surface area contributed by atoms with Crippen molar-refractivity contribution in [3.05, 3.63) is 35.4 Å². The molecule has 148 valence electrons. The summed E-state index contributed by atoms with van der Waals surface area (Å²) in [6.07, 6.45) is -2.62. The highest BCUT2D eigenvalue weighted by Gasteiger charge is 2.29. The van der Waals surface area contributed by atoms with Crippen LogP contribution in [-0.4, -0.2) is 50.8 Å². The van der Waals surface area contributed by atoms with E-state index in [1.165, 1.54) is 12.1 Å². The number of hydrogen-bond donors (Lipinski definition) is 1. The van der Waals surface area contributed by atoms with Crippen LogP contribution in [0.5, 0.6) is 0 Å². The SMILES string of the molecule is CCNC(=NCCc1ccc(C(F)(F)F)cc1)N(C)CC1CCOC1.I. The topological polar surface area (TPSA) is 36.9 Å². The number of alkyl halides is 3. The van der Waals surface area contributed by atoms with Gasteiger partial charge in [0.1, 0.15) is 0 Å². The third-order valence-electron chi connectivity index (χ3n) is 4.20. The van der Waals surface area contributed by atoms with Crippen molar-refractivity contribution < 1.29 is 17.9 Å². The summed E-state index contributed by atoms with van der Waals surface area (Å²) in [4.78, 5) is 6.68. The average molecular weight is 485 g/mol. The van der Waals surface area contributed by atoms with Gasteiger partial charge in [0.15, 0.2) is 5.96 Å². The summed E-state index contributed by atoms with van der Waals surface area (Å²) in [6.45, 7) is 5.79. The Hall–Kier alpha value is -1.03. The summed E-state index contributed by atoms with van der Waals surface area (Å²) < 4.78 is 43.1. The maximum absolute atomic E-state index is 12.6. The Morgan fingerprint density at radius 2 is 2.00 bits per heavy atom. The van der Waals surface area contributed by atoms with Crippen molar-refractivity contribution in [2.45, 2.75) is 25.9 Å². The second-order valence-electron chi connectivity index (χ2n) is 6.29. The zero-order valence-corrected chi connectivity index (χ0v) is 17.5. The molecular weight excluding hydrogens is 458 g/mol. The van der Waals surface area contributed by atoms with Gasteiger partial charge in [0.05, 0.1) is 12.2 Å². The van der Waals surface area contributed by atoms with Crippen LogP contribution >= 0.6 is 24.0 Å². The van der Waals surface area contributed by atoms with Crippen molar-refractivity contribution in [1.29, 1.82) is 0 Å². The first-order valence-electron chi connectivity index (χ1n) is 8.63. The Morgan fingerprint density at radius 1 is 1.31 bits per heavy atom. The molecule has 2 rings (SSSR count). The molecule has 0 amide bonds. The molecule has 0 spiro atoms. The van der Waals surface area contributed by atoms with Crippen LogP contribution in [0.15, 0.2) is 29.3 Å². The predicted molar refractivity (Wildman–Crippen MR) is 108 cm³/mol. The molecule has 1 aromatic carbocycles. The van der Waals surface area contributed by atoms with E-state index in [1.807, 2.05) is 14.0 Å². The first-order chi connectivity index (χ1) is 11.9. The summed E-state index contributed by atoms with van der Waals surface area (Å²) in [5.41, 5.74) is 0.228. The van der Waals surface area contributed by atoms with Crippen LogP contribution in [0.1, 0.15) is 24.5 Å². The summed E-state index contributed by atoms with van der Waals surface area (Å²) in [6, 6.07) is 5.28. The van der Waals surface area contributed by atoms with E-state index in [-0.39, 0.29) is 24.0 Å². The lowest BCUT2D eigenvalue weighted by Gasteiger charge is -2.24. The van der Waals surface area contributed by atoms with Gasteiger partial charge in [-0.05, 0) is 37.5 Å². The molecule has 0 aromatic heterocycles. The van der Waals surface area contributed by atoms with Gasteiger partial charge in [-0.1, -0.05) is 12.1 Å². The minimum Gasteiger partial charge on any atom is -0.381 e. The Labute approximate surface area is 170 Å². The third kappa shape index (κ3) is 7.30. The largest absolute Gasteiger partial charge is 0.416 e. The normalized spacial score (nSPS) is 17.7. The lowest BCUT2D eigenvalue weighted by atomic mass is 10.1. The second-order valence-corrected chi connectivity index (χ2v) is 6.29. The first-order valence-corrected chi connectivity index (χ1v) is 8.63. The Bertz CT molecular complexity index is 558. The lowest BCUT2D eigenvalue weighted by molar-refractivity contribution is -0.137. The number of ether oxygens (including phenoxy) is 1. The summed E-state index contributed by atoms with van der Waals surface area (Å²) in [5, 5.41) is 3.26. The van der Waals surface area contributed by atoms with Gasteiger partial charge in [0.2, 0.25) is 0 Å². The van der Waals surface area contributed by atoms with Crippen LogP contribution in [-0.2, 0) is 17.3 Å². The molecule has 1 fully saturated rings. The molecule has 8 heteroatoms. The van der Waals surface area contributed by atoms with Crippen molar-refractivity contribution in [3.63, 3.8) is 0 Å². The predicted octanol–water partition coefficient (Wildman–Crippen LogP) is 3.80. The van der Waals surface area contributed by atoms with Crippen molar-refractivity contribution in [2.75, 3.05) is 39.9 Å². The van der Waals surface area contributed by atoms with E-state index in [0.29, 0.717) is 18.9 Å². The maximum atomic E-state index is 12.6. The van der Waals surface area contributed by atoms with Crippen LogP contribution < -0.4 is 5.32 Å². The molecule has 0 saturated carbocycles. The monoisotopic (exact) mass is 485 g/mol. The van der Waals surface area contributed by atoms with Crippen molar-refractivity contribution >= 4 is 29.9 Å². The van der Waals surface area contributed by atoms with Crippen LogP contribution in [0.2, 0.25) is 0 Å². The van der Waals surface area contributed by atoms with E-state index < -0.39 is 11.7 Å². The number of guanidine groups is 1. The fraction of sp³-hybridized carbons (Fsp3) is 0.611. The quantitative estimate of drug-likeness (QED) is 0.379.